The molecule has 0 saturated carbocycles. The molecular weight excluding hydrogens is 436 g/mol. The summed E-state index contributed by atoms with van der Waals surface area (Å²) < 4.78 is 0. The van der Waals surface area contributed by atoms with Gasteiger partial charge in [0.05, 0.1) is 22.4 Å². The Bertz CT molecular complexity index is 1770. The van der Waals surface area contributed by atoms with Gasteiger partial charge in [0, 0.05) is 11.1 Å². The molecule has 176 valence electrons. The molecule has 2 heteroatoms. The number of aryl methyl sites for hydroxylation is 2. The zero-order valence-corrected chi connectivity index (χ0v) is 21.6. The lowest BCUT2D eigenvalue weighted by Crippen LogP contribution is -2.12. The fraction of sp³-hybridized carbons (Fsp3) is 0.176. The number of benzene rings is 5. The molecule has 0 unspecified atom stereocenters. The summed E-state index contributed by atoms with van der Waals surface area (Å²) in [5, 5.41) is 4.88. The maximum Gasteiger partial charge on any atom is 0.0978 e. The van der Waals surface area contributed by atoms with Crippen molar-refractivity contribution < 1.29 is 0 Å². The fourth-order valence-corrected chi connectivity index (χ4v) is 5.37. The highest BCUT2D eigenvalue weighted by atomic mass is 14.8. The molecule has 0 aliphatic heterocycles. The Labute approximate surface area is 212 Å². The van der Waals surface area contributed by atoms with Crippen LogP contribution in [0.1, 0.15) is 37.5 Å². The van der Waals surface area contributed by atoms with Gasteiger partial charge in [-0.25, -0.2) is 9.97 Å². The molecule has 0 N–H and O–H groups in total. The Hall–Kier alpha value is -4.04. The van der Waals surface area contributed by atoms with E-state index in [0.717, 1.165) is 28.0 Å². The maximum atomic E-state index is 5.32. The van der Waals surface area contributed by atoms with Crippen molar-refractivity contribution in [1.82, 2.24) is 9.97 Å². The van der Waals surface area contributed by atoms with E-state index in [2.05, 4.69) is 126 Å². The van der Waals surface area contributed by atoms with Crippen LogP contribution in [0.25, 0.3) is 55.1 Å². The van der Waals surface area contributed by atoms with Crippen molar-refractivity contribution in [3.8, 4) is 22.5 Å². The largest absolute Gasteiger partial charge is 0.244 e. The van der Waals surface area contributed by atoms with Crippen LogP contribution < -0.4 is 0 Å². The number of hydrogen-bond donors (Lipinski definition) is 0. The molecule has 2 nitrogen and oxygen atoms in total. The molecule has 0 fully saturated rings. The average molecular weight is 467 g/mol. The van der Waals surface area contributed by atoms with Gasteiger partial charge in [-0.3, -0.25) is 0 Å². The van der Waals surface area contributed by atoms with Gasteiger partial charge in [0.1, 0.15) is 0 Å². The Morgan fingerprint density at radius 3 is 1.72 bits per heavy atom. The molecule has 6 aromatic rings. The van der Waals surface area contributed by atoms with Gasteiger partial charge in [-0.1, -0.05) is 87.5 Å². The van der Waals surface area contributed by atoms with E-state index in [4.69, 9.17) is 9.97 Å². The molecule has 1 aromatic heterocycles. The summed E-state index contributed by atoms with van der Waals surface area (Å²) in [7, 11) is 0. The Morgan fingerprint density at radius 2 is 1.11 bits per heavy atom. The predicted molar refractivity (Wildman–Crippen MR) is 154 cm³/mol. The van der Waals surface area contributed by atoms with Gasteiger partial charge in [0.15, 0.2) is 0 Å². The molecule has 0 atom stereocenters. The highest BCUT2D eigenvalue weighted by Crippen LogP contribution is 2.39. The molecule has 36 heavy (non-hydrogen) atoms. The van der Waals surface area contributed by atoms with Crippen LogP contribution in [0.15, 0.2) is 91.0 Å². The normalized spacial score (nSPS) is 12.0. The summed E-state index contributed by atoms with van der Waals surface area (Å²) >= 11 is 0. The SMILES string of the molecule is Cc1cccc(C)c1-c1nc2cc3ccccc3cc2nc1-c1cc(C(C)(C)C)c2ccccc2c1. The van der Waals surface area contributed by atoms with Gasteiger partial charge in [-0.2, -0.15) is 0 Å². The molecule has 0 spiro atoms. The van der Waals surface area contributed by atoms with Crippen LogP contribution >= 0.6 is 0 Å². The van der Waals surface area contributed by atoms with Crippen molar-refractivity contribution >= 4 is 32.6 Å². The zero-order chi connectivity index (χ0) is 25.0. The molecule has 0 bridgehead atoms. The van der Waals surface area contributed by atoms with Gasteiger partial charge in [-0.15, -0.1) is 0 Å². The third-order valence-corrected chi connectivity index (χ3v) is 7.19. The van der Waals surface area contributed by atoms with Crippen molar-refractivity contribution in [2.45, 2.75) is 40.0 Å². The zero-order valence-electron chi connectivity index (χ0n) is 21.6. The molecule has 0 aliphatic rings. The number of aromatic nitrogens is 2. The number of nitrogens with zero attached hydrogens (tertiary/aromatic N) is 2. The topological polar surface area (TPSA) is 25.8 Å². The smallest absolute Gasteiger partial charge is 0.0978 e. The molecule has 5 aromatic carbocycles. The molecule has 0 radical (unpaired) electrons. The van der Waals surface area contributed by atoms with Crippen LogP contribution in [0.3, 0.4) is 0 Å². The van der Waals surface area contributed by atoms with Crippen LogP contribution in [0, 0.1) is 13.8 Å². The highest BCUT2D eigenvalue weighted by molar-refractivity contribution is 5.99. The van der Waals surface area contributed by atoms with Crippen molar-refractivity contribution in [2.24, 2.45) is 0 Å². The summed E-state index contributed by atoms with van der Waals surface area (Å²) in [4.78, 5) is 10.6. The van der Waals surface area contributed by atoms with E-state index < -0.39 is 0 Å². The van der Waals surface area contributed by atoms with Crippen molar-refractivity contribution in [3.63, 3.8) is 0 Å². The second-order valence-electron chi connectivity index (χ2n) is 10.9. The van der Waals surface area contributed by atoms with E-state index >= 15 is 0 Å². The van der Waals surface area contributed by atoms with Gasteiger partial charge >= 0.3 is 0 Å². The summed E-state index contributed by atoms with van der Waals surface area (Å²) in [6.07, 6.45) is 0. The summed E-state index contributed by atoms with van der Waals surface area (Å²) in [5.74, 6) is 0. The van der Waals surface area contributed by atoms with Gasteiger partial charge in [0.2, 0.25) is 0 Å². The van der Waals surface area contributed by atoms with Crippen molar-refractivity contribution in [1.29, 1.82) is 0 Å². The van der Waals surface area contributed by atoms with Crippen LogP contribution in [0.4, 0.5) is 0 Å². The van der Waals surface area contributed by atoms with E-state index in [9.17, 15) is 0 Å². The van der Waals surface area contributed by atoms with Crippen molar-refractivity contribution in [2.75, 3.05) is 0 Å². The van der Waals surface area contributed by atoms with E-state index in [1.54, 1.807) is 0 Å². The number of rotatable bonds is 2. The Balaban J connectivity index is 1.74. The minimum absolute atomic E-state index is 0.00512. The Kier molecular flexibility index (Phi) is 5.15. The maximum absolute atomic E-state index is 5.32. The van der Waals surface area contributed by atoms with E-state index in [1.165, 1.54) is 43.8 Å². The molecule has 0 aliphatic carbocycles. The quantitative estimate of drug-likeness (QED) is 0.238. The minimum Gasteiger partial charge on any atom is -0.244 e. The van der Waals surface area contributed by atoms with Crippen molar-refractivity contribution in [3.05, 3.63) is 108 Å². The molecule has 1 heterocycles. The molecule has 6 rings (SSSR count). The lowest BCUT2D eigenvalue weighted by Gasteiger charge is -2.23. The first-order chi connectivity index (χ1) is 17.3. The summed E-state index contributed by atoms with van der Waals surface area (Å²) in [6.45, 7) is 11.2. The summed E-state index contributed by atoms with van der Waals surface area (Å²) in [6, 6.07) is 32.5. The first-order valence-corrected chi connectivity index (χ1v) is 12.6. The predicted octanol–water partition coefficient (Wildman–Crippen LogP) is 9.18. The number of hydrogen-bond acceptors (Lipinski definition) is 2. The van der Waals surface area contributed by atoms with Crippen LogP contribution in [-0.4, -0.2) is 9.97 Å². The second-order valence-corrected chi connectivity index (χ2v) is 10.9. The summed E-state index contributed by atoms with van der Waals surface area (Å²) in [5.41, 5.74) is 9.74. The van der Waals surface area contributed by atoms with E-state index in [1.807, 2.05) is 0 Å². The standard InChI is InChI=1S/C34H30N2/c1-21-11-10-12-22(2)31(21)33-32(35-29-19-23-13-6-7-14-24(23)20-30(29)36-33)26-17-25-15-8-9-16-27(25)28(18-26)34(3,4)5/h6-20H,1-5H3. The average Bonchev–Trinajstić information content (AvgIpc) is 2.85. The molecule has 0 amide bonds. The number of fused-ring (bicyclic) bond motifs is 3. The lowest BCUT2D eigenvalue weighted by molar-refractivity contribution is 0.596. The van der Waals surface area contributed by atoms with Crippen LogP contribution in [0.2, 0.25) is 0 Å². The fourth-order valence-electron chi connectivity index (χ4n) is 5.37. The van der Waals surface area contributed by atoms with Crippen LogP contribution in [-0.2, 0) is 5.41 Å². The first kappa shape index (κ1) is 22.4. The first-order valence-electron chi connectivity index (χ1n) is 12.6. The molecule has 0 saturated heterocycles. The van der Waals surface area contributed by atoms with E-state index in [0.29, 0.717) is 0 Å². The third-order valence-electron chi connectivity index (χ3n) is 7.19. The van der Waals surface area contributed by atoms with Gasteiger partial charge in [-0.05, 0) is 81.8 Å². The second kappa shape index (κ2) is 8.27. The minimum atomic E-state index is -0.00512. The van der Waals surface area contributed by atoms with Crippen LogP contribution in [0.5, 0.6) is 0 Å². The van der Waals surface area contributed by atoms with E-state index in [-0.39, 0.29) is 5.41 Å². The Morgan fingerprint density at radius 1 is 0.556 bits per heavy atom. The van der Waals surface area contributed by atoms with Gasteiger partial charge in [0.25, 0.3) is 0 Å². The monoisotopic (exact) mass is 466 g/mol. The van der Waals surface area contributed by atoms with Gasteiger partial charge < -0.3 is 0 Å². The highest BCUT2D eigenvalue weighted by Gasteiger charge is 2.22. The third kappa shape index (κ3) is 3.74. The molecular formula is C34H30N2. The lowest BCUT2D eigenvalue weighted by atomic mass is 9.82.